The molecule has 0 unspecified atom stereocenters. The number of hydrogen-bond acceptors (Lipinski definition) is 2. The van der Waals surface area contributed by atoms with Gasteiger partial charge < -0.3 is 10.0 Å². The van der Waals surface area contributed by atoms with Crippen molar-refractivity contribution in [1.29, 1.82) is 0 Å². The van der Waals surface area contributed by atoms with E-state index >= 15 is 0 Å². The number of nitrogens with zero attached hydrogens (tertiary/aromatic N) is 1. The molecular formula is C19H17NO3. The van der Waals surface area contributed by atoms with Gasteiger partial charge in [0, 0.05) is 17.6 Å². The molecule has 116 valence electrons. The molecule has 1 fully saturated rings. The summed E-state index contributed by atoms with van der Waals surface area (Å²) < 4.78 is 0. The maximum atomic E-state index is 12.7. The summed E-state index contributed by atoms with van der Waals surface area (Å²) in [4.78, 5) is 25.5. The lowest BCUT2D eigenvalue weighted by molar-refractivity contribution is -0.117. The van der Waals surface area contributed by atoms with Crippen LogP contribution in [0, 0.1) is 0 Å². The smallest absolute Gasteiger partial charge is 0.335 e. The predicted octanol–water partition coefficient (Wildman–Crippen LogP) is 3.01. The zero-order chi connectivity index (χ0) is 16.0. The fourth-order valence-corrected chi connectivity index (χ4v) is 3.47. The second-order valence-electron chi connectivity index (χ2n) is 6.46. The lowest BCUT2D eigenvalue weighted by atomic mass is 9.99. The molecule has 23 heavy (non-hydrogen) atoms. The van der Waals surface area contributed by atoms with Crippen molar-refractivity contribution < 1.29 is 14.7 Å². The molecule has 2 aliphatic rings. The summed E-state index contributed by atoms with van der Waals surface area (Å²) in [5.74, 6) is -0.878. The van der Waals surface area contributed by atoms with Crippen molar-refractivity contribution in [3.05, 3.63) is 65.2 Å². The first-order valence-corrected chi connectivity index (χ1v) is 7.81. The second-order valence-corrected chi connectivity index (χ2v) is 6.46. The summed E-state index contributed by atoms with van der Waals surface area (Å²) in [7, 11) is 0. The van der Waals surface area contributed by atoms with E-state index in [9.17, 15) is 9.59 Å². The molecule has 2 aromatic carbocycles. The highest BCUT2D eigenvalue weighted by molar-refractivity contribution is 5.98. The number of carboxylic acids is 1. The maximum absolute atomic E-state index is 12.7. The number of anilines is 1. The van der Waals surface area contributed by atoms with Gasteiger partial charge in [-0.3, -0.25) is 4.79 Å². The molecule has 4 nitrogen and oxygen atoms in total. The molecule has 2 aromatic rings. The molecule has 0 saturated heterocycles. The molecular weight excluding hydrogens is 290 g/mol. The Kier molecular flexibility index (Phi) is 3.01. The first-order valence-electron chi connectivity index (χ1n) is 7.81. The van der Waals surface area contributed by atoms with E-state index in [1.54, 1.807) is 24.3 Å². The fraction of sp³-hybridized carbons (Fsp3) is 0.263. The minimum atomic E-state index is -0.952. The van der Waals surface area contributed by atoms with E-state index in [1.165, 1.54) is 5.56 Å². The first-order chi connectivity index (χ1) is 11.1. The van der Waals surface area contributed by atoms with Crippen molar-refractivity contribution in [3.63, 3.8) is 0 Å². The van der Waals surface area contributed by atoms with Gasteiger partial charge in [-0.1, -0.05) is 30.3 Å². The molecule has 0 bridgehead atoms. The molecule has 0 radical (unpaired) electrons. The van der Waals surface area contributed by atoms with Crippen LogP contribution in [0.2, 0.25) is 0 Å². The lowest BCUT2D eigenvalue weighted by Crippen LogP contribution is -2.32. The molecule has 4 heteroatoms. The van der Waals surface area contributed by atoms with Crippen molar-refractivity contribution >= 4 is 17.6 Å². The number of carbonyl (C=O) groups is 2. The van der Waals surface area contributed by atoms with Crippen molar-refractivity contribution in [2.24, 2.45) is 0 Å². The summed E-state index contributed by atoms with van der Waals surface area (Å²) in [5.41, 5.74) is 3.62. The number of aromatic carboxylic acids is 1. The van der Waals surface area contributed by atoms with Gasteiger partial charge in [0.05, 0.1) is 12.0 Å². The molecule has 1 heterocycles. The molecule has 0 atom stereocenters. The van der Waals surface area contributed by atoms with Gasteiger partial charge in [0.1, 0.15) is 0 Å². The summed E-state index contributed by atoms with van der Waals surface area (Å²) in [6, 6.07) is 14.7. The predicted molar refractivity (Wildman–Crippen MR) is 86.8 cm³/mol. The Morgan fingerprint density at radius 2 is 1.74 bits per heavy atom. The number of amides is 1. The molecule has 1 aliphatic heterocycles. The van der Waals surface area contributed by atoms with E-state index in [1.807, 2.05) is 23.1 Å². The largest absolute Gasteiger partial charge is 0.478 e. The third kappa shape index (κ3) is 2.31. The Morgan fingerprint density at radius 3 is 2.39 bits per heavy atom. The molecule has 1 spiro atoms. The van der Waals surface area contributed by atoms with Gasteiger partial charge in [-0.05, 0) is 42.2 Å². The van der Waals surface area contributed by atoms with Gasteiger partial charge in [-0.2, -0.15) is 0 Å². The highest BCUT2D eigenvalue weighted by Gasteiger charge is 2.52. The molecule has 1 aliphatic carbocycles. The van der Waals surface area contributed by atoms with E-state index in [0.29, 0.717) is 6.42 Å². The van der Waals surface area contributed by atoms with Gasteiger partial charge in [0.25, 0.3) is 0 Å². The van der Waals surface area contributed by atoms with Crippen molar-refractivity contribution in [2.75, 3.05) is 11.4 Å². The van der Waals surface area contributed by atoms with Gasteiger partial charge in [-0.15, -0.1) is 0 Å². The number of carbonyl (C=O) groups excluding carboxylic acids is 1. The van der Waals surface area contributed by atoms with Crippen LogP contribution in [0.25, 0.3) is 0 Å². The van der Waals surface area contributed by atoms with Gasteiger partial charge in [0.15, 0.2) is 0 Å². The second kappa shape index (κ2) is 4.95. The third-order valence-electron chi connectivity index (χ3n) is 4.94. The number of rotatable bonds is 3. The number of carboxylic acid groups (broad SMARTS) is 1. The van der Waals surface area contributed by atoms with Crippen LogP contribution in [0.5, 0.6) is 0 Å². The average Bonchev–Trinajstić information content (AvgIpc) is 3.25. The Labute approximate surface area is 134 Å². The number of para-hydroxylation sites is 1. The van der Waals surface area contributed by atoms with E-state index in [2.05, 4.69) is 6.07 Å². The Hall–Kier alpha value is -2.62. The minimum absolute atomic E-state index is 0.0734. The minimum Gasteiger partial charge on any atom is -0.478 e. The highest BCUT2D eigenvalue weighted by Crippen LogP contribution is 2.56. The van der Waals surface area contributed by atoms with Crippen LogP contribution >= 0.6 is 0 Å². The molecule has 1 N–H and O–H groups in total. The zero-order valence-electron chi connectivity index (χ0n) is 12.7. The van der Waals surface area contributed by atoms with Crippen LogP contribution in [-0.4, -0.2) is 23.5 Å². The summed E-state index contributed by atoms with van der Waals surface area (Å²) in [5, 5.41) is 8.93. The molecule has 4 rings (SSSR count). The number of fused-ring (bicyclic) bond motifs is 2. The maximum Gasteiger partial charge on any atom is 0.335 e. The Morgan fingerprint density at radius 1 is 1.04 bits per heavy atom. The zero-order valence-corrected chi connectivity index (χ0v) is 12.7. The summed E-state index contributed by atoms with van der Waals surface area (Å²) in [6.07, 6.45) is 2.60. The van der Waals surface area contributed by atoms with Crippen LogP contribution < -0.4 is 4.90 Å². The van der Waals surface area contributed by atoms with Crippen LogP contribution in [-0.2, 0) is 16.6 Å². The number of benzene rings is 2. The molecule has 0 aromatic heterocycles. The van der Waals surface area contributed by atoms with E-state index in [0.717, 1.165) is 30.6 Å². The molecule has 1 amide bonds. The van der Waals surface area contributed by atoms with Crippen molar-refractivity contribution in [3.8, 4) is 0 Å². The van der Waals surface area contributed by atoms with E-state index in [-0.39, 0.29) is 16.9 Å². The first kappa shape index (κ1) is 14.0. The Bertz CT molecular complexity index is 791. The van der Waals surface area contributed by atoms with Gasteiger partial charge in [-0.25, -0.2) is 4.79 Å². The quantitative estimate of drug-likeness (QED) is 0.948. The van der Waals surface area contributed by atoms with E-state index < -0.39 is 5.97 Å². The topological polar surface area (TPSA) is 57.6 Å². The Balaban J connectivity index is 1.55. The van der Waals surface area contributed by atoms with Crippen molar-refractivity contribution in [2.45, 2.75) is 24.7 Å². The van der Waals surface area contributed by atoms with Crippen LogP contribution in [0.4, 0.5) is 5.69 Å². The standard InChI is InChI=1S/C19H17NO3/c21-17(11-13-5-7-14(8-6-13)18(22)23)20-12-19(9-10-19)15-3-1-2-4-16(15)20/h1-8H,9-12H2,(H,22,23). The highest BCUT2D eigenvalue weighted by atomic mass is 16.4. The van der Waals surface area contributed by atoms with Gasteiger partial charge >= 0.3 is 5.97 Å². The lowest BCUT2D eigenvalue weighted by Gasteiger charge is -2.18. The summed E-state index contributed by atoms with van der Waals surface area (Å²) >= 11 is 0. The number of hydrogen-bond donors (Lipinski definition) is 1. The average molecular weight is 307 g/mol. The normalized spacial score (nSPS) is 17.1. The molecule has 1 saturated carbocycles. The van der Waals surface area contributed by atoms with Crippen LogP contribution in [0.1, 0.15) is 34.3 Å². The fourth-order valence-electron chi connectivity index (χ4n) is 3.47. The monoisotopic (exact) mass is 307 g/mol. The summed E-state index contributed by atoms with van der Waals surface area (Å²) in [6.45, 7) is 0.776. The van der Waals surface area contributed by atoms with Crippen LogP contribution in [0.3, 0.4) is 0 Å². The van der Waals surface area contributed by atoms with Crippen LogP contribution in [0.15, 0.2) is 48.5 Å². The van der Waals surface area contributed by atoms with E-state index in [4.69, 9.17) is 5.11 Å². The van der Waals surface area contributed by atoms with Gasteiger partial charge in [0.2, 0.25) is 5.91 Å². The van der Waals surface area contributed by atoms with Crippen molar-refractivity contribution in [1.82, 2.24) is 0 Å². The third-order valence-corrected chi connectivity index (χ3v) is 4.94. The SMILES string of the molecule is O=C(O)c1ccc(CC(=O)N2CC3(CC3)c3ccccc32)cc1.